The quantitative estimate of drug-likeness (QED) is 0.864. The molecule has 104 valence electrons. The largest absolute Gasteiger partial charge is 0.462 e. The standard InChI is InChI=1S/C14H19ClN2O2/c1-2-19-14(18)12-10-11(4-5-13(12)15)17-8-3-6-16-7-9-17/h4-5,10,16H,2-3,6-9H2,1H3. The Hall–Kier alpha value is -1.26. The Morgan fingerprint density at radius 1 is 1.42 bits per heavy atom. The smallest absolute Gasteiger partial charge is 0.339 e. The minimum Gasteiger partial charge on any atom is -0.462 e. The molecule has 1 saturated heterocycles. The second kappa shape index (κ2) is 6.78. The Bertz CT molecular complexity index is 443. The summed E-state index contributed by atoms with van der Waals surface area (Å²) in [4.78, 5) is 14.1. The first-order valence-corrected chi connectivity index (χ1v) is 7.02. The van der Waals surface area contributed by atoms with E-state index in [2.05, 4.69) is 10.2 Å². The van der Waals surface area contributed by atoms with E-state index >= 15 is 0 Å². The molecule has 0 bridgehead atoms. The van der Waals surface area contributed by atoms with Gasteiger partial charge in [-0.05, 0) is 38.1 Å². The van der Waals surface area contributed by atoms with E-state index in [4.69, 9.17) is 16.3 Å². The van der Waals surface area contributed by atoms with E-state index in [1.54, 1.807) is 13.0 Å². The molecule has 0 aromatic heterocycles. The van der Waals surface area contributed by atoms with Crippen molar-refractivity contribution in [1.29, 1.82) is 0 Å². The third kappa shape index (κ3) is 3.61. The minimum absolute atomic E-state index is 0.354. The van der Waals surface area contributed by atoms with Crippen LogP contribution in [0.15, 0.2) is 18.2 Å². The molecule has 0 amide bonds. The molecule has 5 heteroatoms. The second-order valence-electron chi connectivity index (χ2n) is 4.48. The highest BCUT2D eigenvalue weighted by atomic mass is 35.5. The topological polar surface area (TPSA) is 41.6 Å². The van der Waals surface area contributed by atoms with Crippen LogP contribution in [0.25, 0.3) is 0 Å². The van der Waals surface area contributed by atoms with Crippen LogP contribution in [0.2, 0.25) is 5.02 Å². The maximum atomic E-state index is 11.8. The van der Waals surface area contributed by atoms with Gasteiger partial charge in [0, 0.05) is 25.3 Å². The summed E-state index contributed by atoms with van der Waals surface area (Å²) in [5.74, 6) is -0.359. The fourth-order valence-electron chi connectivity index (χ4n) is 2.18. The van der Waals surface area contributed by atoms with Crippen molar-refractivity contribution < 1.29 is 9.53 Å². The van der Waals surface area contributed by atoms with Crippen molar-refractivity contribution in [1.82, 2.24) is 5.32 Å². The summed E-state index contributed by atoms with van der Waals surface area (Å²) >= 11 is 6.07. The van der Waals surface area contributed by atoms with Gasteiger partial charge in [0.1, 0.15) is 0 Å². The Balaban J connectivity index is 2.21. The van der Waals surface area contributed by atoms with Crippen LogP contribution < -0.4 is 10.2 Å². The van der Waals surface area contributed by atoms with Gasteiger partial charge < -0.3 is 15.0 Å². The normalized spacial score (nSPS) is 16.0. The fraction of sp³-hybridized carbons (Fsp3) is 0.500. The van der Waals surface area contributed by atoms with Crippen LogP contribution in [-0.2, 0) is 4.74 Å². The molecule has 1 heterocycles. The number of nitrogens with zero attached hydrogens (tertiary/aromatic N) is 1. The van der Waals surface area contributed by atoms with Gasteiger partial charge in [0.15, 0.2) is 0 Å². The summed E-state index contributed by atoms with van der Waals surface area (Å²) in [5, 5.41) is 3.80. The van der Waals surface area contributed by atoms with E-state index in [0.717, 1.165) is 38.3 Å². The number of hydrogen-bond donors (Lipinski definition) is 1. The Labute approximate surface area is 118 Å². The number of rotatable bonds is 3. The van der Waals surface area contributed by atoms with Gasteiger partial charge in [-0.3, -0.25) is 0 Å². The Kier molecular flexibility index (Phi) is 5.05. The highest BCUT2D eigenvalue weighted by molar-refractivity contribution is 6.33. The van der Waals surface area contributed by atoms with Gasteiger partial charge in [-0.2, -0.15) is 0 Å². The van der Waals surface area contributed by atoms with Gasteiger partial charge in [0.2, 0.25) is 0 Å². The van der Waals surface area contributed by atoms with Gasteiger partial charge in [0.25, 0.3) is 0 Å². The molecule has 4 nitrogen and oxygen atoms in total. The molecule has 1 aliphatic rings. The van der Waals surface area contributed by atoms with E-state index < -0.39 is 0 Å². The number of benzene rings is 1. The molecule has 2 rings (SSSR count). The molecule has 1 aromatic carbocycles. The van der Waals surface area contributed by atoms with Crippen molar-refractivity contribution >= 4 is 23.3 Å². The van der Waals surface area contributed by atoms with Gasteiger partial charge in [-0.25, -0.2) is 4.79 Å². The van der Waals surface area contributed by atoms with Crippen LogP contribution in [0.5, 0.6) is 0 Å². The van der Waals surface area contributed by atoms with E-state index in [-0.39, 0.29) is 5.97 Å². The van der Waals surface area contributed by atoms with Gasteiger partial charge in [0.05, 0.1) is 17.2 Å². The van der Waals surface area contributed by atoms with Crippen LogP contribution in [-0.4, -0.2) is 38.8 Å². The fourth-order valence-corrected chi connectivity index (χ4v) is 2.37. The Morgan fingerprint density at radius 3 is 3.05 bits per heavy atom. The highest BCUT2D eigenvalue weighted by Crippen LogP contribution is 2.24. The molecule has 0 aliphatic carbocycles. The first kappa shape index (κ1) is 14.2. The first-order valence-electron chi connectivity index (χ1n) is 6.64. The number of carbonyl (C=O) groups excluding carboxylic acids is 1. The van der Waals surface area contributed by atoms with Crippen molar-refractivity contribution in [3.8, 4) is 0 Å². The Morgan fingerprint density at radius 2 is 2.26 bits per heavy atom. The number of esters is 1. The van der Waals surface area contributed by atoms with Gasteiger partial charge in [-0.15, -0.1) is 0 Å². The lowest BCUT2D eigenvalue weighted by atomic mass is 10.2. The molecule has 1 N–H and O–H groups in total. The highest BCUT2D eigenvalue weighted by Gasteiger charge is 2.15. The SMILES string of the molecule is CCOC(=O)c1cc(N2CCCNCC2)ccc1Cl. The molecule has 1 fully saturated rings. The maximum Gasteiger partial charge on any atom is 0.339 e. The number of anilines is 1. The zero-order valence-corrected chi connectivity index (χ0v) is 11.9. The van der Waals surface area contributed by atoms with Crippen molar-refractivity contribution in [2.24, 2.45) is 0 Å². The van der Waals surface area contributed by atoms with Gasteiger partial charge in [-0.1, -0.05) is 11.6 Å². The van der Waals surface area contributed by atoms with Crippen LogP contribution in [0, 0.1) is 0 Å². The average molecular weight is 283 g/mol. The summed E-state index contributed by atoms with van der Waals surface area (Å²) < 4.78 is 5.02. The van der Waals surface area contributed by atoms with Crippen molar-refractivity contribution in [2.45, 2.75) is 13.3 Å². The molecule has 0 atom stereocenters. The van der Waals surface area contributed by atoms with E-state index in [0.29, 0.717) is 17.2 Å². The molecular formula is C14H19ClN2O2. The molecule has 0 spiro atoms. The average Bonchev–Trinajstić information content (AvgIpc) is 2.68. The predicted octanol–water partition coefficient (Wildman–Crippen LogP) is 2.32. The molecule has 0 unspecified atom stereocenters. The summed E-state index contributed by atoms with van der Waals surface area (Å²) in [6.07, 6.45) is 1.09. The van der Waals surface area contributed by atoms with E-state index in [1.165, 1.54) is 0 Å². The van der Waals surface area contributed by atoms with Crippen molar-refractivity contribution in [2.75, 3.05) is 37.7 Å². The molecule has 0 radical (unpaired) electrons. The van der Waals surface area contributed by atoms with Crippen LogP contribution >= 0.6 is 11.6 Å². The second-order valence-corrected chi connectivity index (χ2v) is 4.88. The lowest BCUT2D eigenvalue weighted by Gasteiger charge is -2.23. The first-order chi connectivity index (χ1) is 9.22. The van der Waals surface area contributed by atoms with Crippen LogP contribution in [0.1, 0.15) is 23.7 Å². The summed E-state index contributed by atoms with van der Waals surface area (Å²) in [7, 11) is 0. The summed E-state index contributed by atoms with van der Waals surface area (Å²) in [6, 6.07) is 5.55. The van der Waals surface area contributed by atoms with Gasteiger partial charge >= 0.3 is 5.97 Å². The third-order valence-electron chi connectivity index (χ3n) is 3.15. The zero-order chi connectivity index (χ0) is 13.7. The van der Waals surface area contributed by atoms with Crippen LogP contribution in [0.3, 0.4) is 0 Å². The van der Waals surface area contributed by atoms with Crippen molar-refractivity contribution in [3.63, 3.8) is 0 Å². The number of hydrogen-bond acceptors (Lipinski definition) is 4. The van der Waals surface area contributed by atoms with Crippen molar-refractivity contribution in [3.05, 3.63) is 28.8 Å². The molecule has 0 saturated carbocycles. The maximum absolute atomic E-state index is 11.8. The molecule has 1 aliphatic heterocycles. The van der Waals surface area contributed by atoms with E-state index in [1.807, 2.05) is 12.1 Å². The zero-order valence-electron chi connectivity index (χ0n) is 11.1. The lowest BCUT2D eigenvalue weighted by Crippen LogP contribution is -2.28. The van der Waals surface area contributed by atoms with Crippen LogP contribution in [0.4, 0.5) is 5.69 Å². The molecule has 1 aromatic rings. The number of nitrogens with one attached hydrogen (secondary N) is 1. The molecule has 19 heavy (non-hydrogen) atoms. The molecular weight excluding hydrogens is 264 g/mol. The minimum atomic E-state index is -0.359. The monoisotopic (exact) mass is 282 g/mol. The van der Waals surface area contributed by atoms with E-state index in [9.17, 15) is 4.79 Å². The summed E-state index contributed by atoms with van der Waals surface area (Å²) in [5.41, 5.74) is 1.47. The predicted molar refractivity (Wildman–Crippen MR) is 77.1 cm³/mol. The lowest BCUT2D eigenvalue weighted by molar-refractivity contribution is 0.0526. The number of halogens is 1. The third-order valence-corrected chi connectivity index (χ3v) is 3.48. The summed E-state index contributed by atoms with van der Waals surface area (Å²) in [6.45, 7) is 6.05. The number of carbonyl (C=O) groups is 1. The number of ether oxygens (including phenoxy) is 1.